The predicted molar refractivity (Wildman–Crippen MR) is 139 cm³/mol. The fraction of sp³-hybridized carbons (Fsp3) is 0.773. The number of nitrogen functional groups attached to an aromatic ring is 1. The fourth-order valence-electron chi connectivity index (χ4n) is 3.55. The van der Waals surface area contributed by atoms with Gasteiger partial charge in [-0.25, -0.2) is 4.98 Å². The summed E-state index contributed by atoms with van der Waals surface area (Å²) in [5.41, 5.74) is 7.12. The minimum absolute atomic E-state index is 0.155. The normalized spacial score (nSPS) is 12.4. The Balaban J connectivity index is 1.59. The molecule has 2 aromatic rings. The van der Waals surface area contributed by atoms with Crippen LogP contribution >= 0.6 is 15.6 Å². The van der Waals surface area contributed by atoms with Crippen molar-refractivity contribution in [3.63, 3.8) is 0 Å². The maximum Gasteiger partial charge on any atom is 0.521 e. The molecule has 0 amide bonds. The first-order valence-corrected chi connectivity index (χ1v) is 15.6. The standard InChI is InChI=1S/C22H40N5O7P2/c1-4-33-36(29,34-5-2)18-35(28)32-14-12-10-8-6-7-9-11-13-27-17-24-19-20(27)25-22(23)26-21(19)31-16-15-30-3/h17H,4-16,18H2,1-3H3,(H2,23,25,26)/q+1. The van der Waals surface area contributed by atoms with Crippen LogP contribution in [0.2, 0.25) is 0 Å². The molecule has 0 aliphatic carbocycles. The Morgan fingerprint density at radius 3 is 2.31 bits per heavy atom. The van der Waals surface area contributed by atoms with Crippen LogP contribution in [0.5, 0.6) is 5.88 Å². The van der Waals surface area contributed by atoms with E-state index < -0.39 is 15.6 Å². The number of unbranched alkanes of at least 4 members (excludes halogenated alkanes) is 6. The molecule has 0 radical (unpaired) electrons. The second-order valence-electron chi connectivity index (χ2n) is 8.07. The van der Waals surface area contributed by atoms with Crippen molar-refractivity contribution >= 4 is 32.7 Å². The van der Waals surface area contributed by atoms with E-state index in [0.29, 0.717) is 36.9 Å². The highest BCUT2D eigenvalue weighted by Crippen LogP contribution is 2.54. The van der Waals surface area contributed by atoms with Crippen molar-refractivity contribution in [3.8, 4) is 5.88 Å². The van der Waals surface area contributed by atoms with Crippen molar-refractivity contribution in [2.45, 2.75) is 65.3 Å². The molecule has 36 heavy (non-hydrogen) atoms. The summed E-state index contributed by atoms with van der Waals surface area (Å²) >= 11 is 0. The zero-order valence-electron chi connectivity index (χ0n) is 21.6. The van der Waals surface area contributed by atoms with Gasteiger partial charge in [-0.2, -0.15) is 9.97 Å². The van der Waals surface area contributed by atoms with E-state index in [1.165, 1.54) is 0 Å². The number of fused-ring (bicyclic) bond motifs is 1. The molecule has 12 nitrogen and oxygen atoms in total. The van der Waals surface area contributed by atoms with Gasteiger partial charge in [-0.3, -0.25) is 4.57 Å². The Morgan fingerprint density at radius 2 is 1.64 bits per heavy atom. The Hall–Kier alpha value is -1.68. The third-order valence-electron chi connectivity index (χ3n) is 5.19. The van der Waals surface area contributed by atoms with Gasteiger partial charge in [0, 0.05) is 13.7 Å². The van der Waals surface area contributed by atoms with Crippen molar-refractivity contribution in [2.24, 2.45) is 0 Å². The van der Waals surface area contributed by atoms with E-state index in [1.54, 1.807) is 27.3 Å². The fourth-order valence-corrected chi connectivity index (χ4v) is 6.85. The van der Waals surface area contributed by atoms with Crippen LogP contribution in [0.3, 0.4) is 0 Å². The van der Waals surface area contributed by atoms with Gasteiger partial charge in [0.25, 0.3) is 5.90 Å². The summed E-state index contributed by atoms with van der Waals surface area (Å²) in [6.45, 7) is 5.92. The number of hydrogen-bond donors (Lipinski definition) is 1. The summed E-state index contributed by atoms with van der Waals surface area (Å²) in [6, 6.07) is 0. The average Bonchev–Trinajstić information content (AvgIpc) is 3.23. The second-order valence-corrected chi connectivity index (χ2v) is 11.9. The van der Waals surface area contributed by atoms with Crippen LogP contribution in [0.15, 0.2) is 6.33 Å². The highest BCUT2D eigenvalue weighted by Gasteiger charge is 2.37. The molecular weight excluding hydrogens is 508 g/mol. The summed E-state index contributed by atoms with van der Waals surface area (Å²) in [4.78, 5) is 12.9. The molecule has 0 aliphatic rings. The zero-order chi connectivity index (χ0) is 26.2. The van der Waals surface area contributed by atoms with Crippen molar-refractivity contribution in [1.29, 1.82) is 0 Å². The van der Waals surface area contributed by atoms with Gasteiger partial charge in [0.2, 0.25) is 11.8 Å². The monoisotopic (exact) mass is 548 g/mol. The highest BCUT2D eigenvalue weighted by atomic mass is 31.2. The molecule has 0 aromatic carbocycles. The van der Waals surface area contributed by atoms with Crippen molar-refractivity contribution in [3.05, 3.63) is 6.33 Å². The van der Waals surface area contributed by atoms with Crippen molar-refractivity contribution < 1.29 is 32.2 Å². The molecule has 0 saturated carbocycles. The molecule has 1 atom stereocenters. The zero-order valence-corrected chi connectivity index (χ0v) is 23.4. The van der Waals surface area contributed by atoms with Crippen molar-refractivity contribution in [1.82, 2.24) is 19.5 Å². The Labute approximate surface area is 214 Å². The van der Waals surface area contributed by atoms with Gasteiger partial charge in [-0.05, 0) is 31.3 Å². The van der Waals surface area contributed by atoms with Crippen LogP contribution in [-0.2, 0) is 34.0 Å². The van der Waals surface area contributed by atoms with E-state index in [1.807, 2.05) is 4.57 Å². The number of rotatable bonds is 21. The van der Waals surface area contributed by atoms with Crippen LogP contribution in [0.1, 0.15) is 58.8 Å². The largest absolute Gasteiger partial charge is 0.521 e. The number of aryl methyl sites for hydroxylation is 1. The van der Waals surface area contributed by atoms with E-state index in [9.17, 15) is 9.13 Å². The number of imidazole rings is 1. The van der Waals surface area contributed by atoms with Crippen molar-refractivity contribution in [2.75, 3.05) is 51.8 Å². The van der Waals surface area contributed by atoms with Crippen LogP contribution < -0.4 is 10.5 Å². The molecule has 0 fully saturated rings. The average molecular weight is 549 g/mol. The molecule has 2 rings (SSSR count). The molecule has 2 N–H and O–H groups in total. The molecule has 204 valence electrons. The lowest BCUT2D eigenvalue weighted by Gasteiger charge is -2.11. The summed E-state index contributed by atoms with van der Waals surface area (Å²) in [7, 11) is -3.79. The number of hydrogen-bond acceptors (Lipinski definition) is 11. The van der Waals surface area contributed by atoms with Gasteiger partial charge in [0.1, 0.15) is 13.2 Å². The number of ether oxygens (including phenoxy) is 2. The quantitative estimate of drug-likeness (QED) is 0.163. The molecule has 14 heteroatoms. The predicted octanol–water partition coefficient (Wildman–Crippen LogP) is 5.15. The van der Waals surface area contributed by atoms with E-state index >= 15 is 0 Å². The Morgan fingerprint density at radius 1 is 0.972 bits per heavy atom. The van der Waals surface area contributed by atoms with E-state index in [0.717, 1.165) is 51.5 Å². The van der Waals surface area contributed by atoms with E-state index in [-0.39, 0.29) is 25.1 Å². The van der Waals surface area contributed by atoms with Crippen LogP contribution in [0.4, 0.5) is 5.95 Å². The summed E-state index contributed by atoms with van der Waals surface area (Å²) < 4.78 is 52.6. The molecule has 2 aromatic heterocycles. The maximum atomic E-state index is 12.4. The first kappa shape index (κ1) is 30.5. The molecule has 0 aliphatic heterocycles. The van der Waals surface area contributed by atoms with Gasteiger partial charge >= 0.3 is 15.6 Å². The van der Waals surface area contributed by atoms with E-state index in [4.69, 9.17) is 28.8 Å². The van der Waals surface area contributed by atoms with Gasteiger partial charge in [0.15, 0.2) is 11.2 Å². The molecule has 2 heterocycles. The maximum absolute atomic E-state index is 12.4. The van der Waals surface area contributed by atoms with Crippen LogP contribution in [0.25, 0.3) is 11.2 Å². The van der Waals surface area contributed by atoms with Crippen LogP contribution in [0, 0.1) is 0 Å². The molecular formula is C22H40N5O7P2+. The molecule has 1 unspecified atom stereocenters. The van der Waals surface area contributed by atoms with Gasteiger partial charge < -0.3 is 28.8 Å². The third kappa shape index (κ3) is 10.7. The Kier molecular flexibility index (Phi) is 14.4. The first-order valence-electron chi connectivity index (χ1n) is 12.5. The Bertz CT molecular complexity index is 966. The molecule has 0 bridgehead atoms. The highest BCUT2D eigenvalue weighted by molar-refractivity contribution is 7.65. The number of anilines is 1. The number of aromatic nitrogens is 4. The summed E-state index contributed by atoms with van der Waals surface area (Å²) in [5.74, 6) is 0.332. The van der Waals surface area contributed by atoms with Gasteiger partial charge in [-0.15, -0.1) is 4.52 Å². The molecule has 0 spiro atoms. The minimum atomic E-state index is -3.33. The first-order chi connectivity index (χ1) is 17.4. The van der Waals surface area contributed by atoms with E-state index in [2.05, 4.69) is 15.0 Å². The second kappa shape index (κ2) is 16.9. The number of methoxy groups -OCH3 is 1. The van der Waals surface area contributed by atoms with Gasteiger partial charge in [-0.1, -0.05) is 32.1 Å². The summed E-state index contributed by atoms with van der Waals surface area (Å²) in [6.07, 6.45) is 8.95. The molecule has 0 saturated heterocycles. The third-order valence-corrected chi connectivity index (χ3v) is 9.28. The van der Waals surface area contributed by atoms with Crippen LogP contribution in [-0.4, -0.2) is 65.6 Å². The number of nitrogens with zero attached hydrogens (tertiary/aromatic N) is 4. The number of nitrogens with two attached hydrogens (primary N) is 1. The van der Waals surface area contributed by atoms with Gasteiger partial charge in [0.05, 0.1) is 26.1 Å². The summed E-state index contributed by atoms with van der Waals surface area (Å²) in [5, 5.41) is 0. The minimum Gasteiger partial charge on any atom is -0.474 e. The lowest BCUT2D eigenvalue weighted by molar-refractivity contribution is 0.144. The topological polar surface area (TPSA) is 150 Å². The smallest absolute Gasteiger partial charge is 0.474 e. The lowest BCUT2D eigenvalue weighted by atomic mass is 10.1. The SMILES string of the molecule is CCOP(=O)(C[P+](=O)OCCCCCCCCCn1cnc2c(OCCOC)nc(N)nc21)OCC. The lowest BCUT2D eigenvalue weighted by Crippen LogP contribution is -2.08.